The molecule has 1 aliphatic rings. The van der Waals surface area contributed by atoms with Crippen molar-refractivity contribution in [2.75, 3.05) is 5.73 Å². The smallest absolute Gasteiger partial charge is 0.127 e. The Morgan fingerprint density at radius 2 is 2.00 bits per heavy atom. The molecule has 2 N–H and O–H groups in total. The van der Waals surface area contributed by atoms with Crippen LogP contribution in [0.15, 0.2) is 24.3 Å². The van der Waals surface area contributed by atoms with Gasteiger partial charge in [-0.2, -0.15) is 5.26 Å². The van der Waals surface area contributed by atoms with Gasteiger partial charge in [0.1, 0.15) is 16.5 Å². The molecule has 1 aliphatic heterocycles. The standard InChI is InChI=1S/C18H18ClN3OS/c1-10(2)16-7-13-14(8-20)17(21)22(18(24)15(13)9-23-16)12-5-3-11(19)4-6-12/h3-6,10,16H,7,9,21H2,1-2H3. The van der Waals surface area contributed by atoms with Crippen molar-refractivity contribution in [2.24, 2.45) is 5.92 Å². The summed E-state index contributed by atoms with van der Waals surface area (Å²) in [5, 5.41) is 10.3. The average molecular weight is 360 g/mol. The number of anilines is 1. The van der Waals surface area contributed by atoms with Gasteiger partial charge in [0.25, 0.3) is 0 Å². The molecular weight excluding hydrogens is 342 g/mol. The number of fused-ring (bicyclic) bond motifs is 1. The van der Waals surface area contributed by atoms with Crippen LogP contribution in [0.3, 0.4) is 0 Å². The minimum atomic E-state index is 0.0739. The van der Waals surface area contributed by atoms with Gasteiger partial charge >= 0.3 is 0 Å². The second-order valence-corrected chi connectivity index (χ2v) is 7.07. The van der Waals surface area contributed by atoms with E-state index in [1.165, 1.54) is 0 Å². The first-order valence-electron chi connectivity index (χ1n) is 7.78. The summed E-state index contributed by atoms with van der Waals surface area (Å²) in [5.41, 5.74) is 9.39. The first kappa shape index (κ1) is 17.0. The molecule has 0 saturated carbocycles. The topological polar surface area (TPSA) is 64.0 Å². The van der Waals surface area contributed by atoms with Crippen LogP contribution in [0.25, 0.3) is 5.69 Å². The summed E-state index contributed by atoms with van der Waals surface area (Å²) in [7, 11) is 0. The van der Waals surface area contributed by atoms with Crippen LogP contribution in [0.4, 0.5) is 5.82 Å². The summed E-state index contributed by atoms with van der Waals surface area (Å²) in [5.74, 6) is 0.732. The fraction of sp³-hybridized carbons (Fsp3) is 0.333. The molecule has 0 spiro atoms. The lowest BCUT2D eigenvalue weighted by molar-refractivity contribution is -0.000853. The van der Waals surface area contributed by atoms with Crippen LogP contribution in [-0.2, 0) is 17.8 Å². The summed E-state index contributed by atoms with van der Waals surface area (Å²) in [6, 6.07) is 9.48. The average Bonchev–Trinajstić information content (AvgIpc) is 2.56. The zero-order valence-corrected chi connectivity index (χ0v) is 15.1. The van der Waals surface area contributed by atoms with Crippen molar-refractivity contribution < 1.29 is 4.74 Å². The first-order valence-corrected chi connectivity index (χ1v) is 8.56. The molecule has 1 aromatic carbocycles. The predicted octanol–water partition coefficient (Wildman–Crippen LogP) is 4.41. The molecule has 124 valence electrons. The number of nitrogens with two attached hydrogens (primary N) is 1. The molecule has 24 heavy (non-hydrogen) atoms. The SMILES string of the molecule is CC(C)C1Cc2c(C#N)c(N)n(-c3ccc(Cl)cc3)c(=S)c2CO1. The Kier molecular flexibility index (Phi) is 4.64. The fourth-order valence-electron chi connectivity index (χ4n) is 3.01. The number of hydrogen-bond donors (Lipinski definition) is 1. The second kappa shape index (κ2) is 6.56. The van der Waals surface area contributed by atoms with E-state index in [0.717, 1.165) is 16.8 Å². The van der Waals surface area contributed by atoms with Gasteiger partial charge in [-0.05, 0) is 35.7 Å². The van der Waals surface area contributed by atoms with Crippen LogP contribution in [0.5, 0.6) is 0 Å². The van der Waals surface area contributed by atoms with Crippen molar-refractivity contribution in [3.05, 3.63) is 50.6 Å². The minimum absolute atomic E-state index is 0.0739. The van der Waals surface area contributed by atoms with E-state index in [1.54, 1.807) is 16.7 Å². The Morgan fingerprint density at radius 3 is 2.58 bits per heavy atom. The van der Waals surface area contributed by atoms with E-state index in [4.69, 9.17) is 34.3 Å². The van der Waals surface area contributed by atoms with E-state index < -0.39 is 0 Å². The molecule has 2 heterocycles. The molecule has 1 aromatic heterocycles. The van der Waals surface area contributed by atoms with E-state index >= 15 is 0 Å². The van der Waals surface area contributed by atoms with Gasteiger partial charge in [0, 0.05) is 22.7 Å². The zero-order chi connectivity index (χ0) is 17.4. The molecule has 0 radical (unpaired) electrons. The fourth-order valence-corrected chi connectivity index (χ4v) is 3.53. The summed E-state index contributed by atoms with van der Waals surface area (Å²) < 4.78 is 8.26. The van der Waals surface area contributed by atoms with Crippen molar-refractivity contribution in [3.63, 3.8) is 0 Å². The van der Waals surface area contributed by atoms with E-state index in [9.17, 15) is 5.26 Å². The Hall–Kier alpha value is -1.87. The normalized spacial score (nSPS) is 16.7. The highest BCUT2D eigenvalue weighted by Crippen LogP contribution is 2.33. The lowest BCUT2D eigenvalue weighted by Crippen LogP contribution is -2.29. The maximum Gasteiger partial charge on any atom is 0.127 e. The summed E-state index contributed by atoms with van der Waals surface area (Å²) in [6.07, 6.45) is 0.732. The number of ether oxygens (including phenoxy) is 1. The van der Waals surface area contributed by atoms with Crippen LogP contribution >= 0.6 is 23.8 Å². The number of benzene rings is 1. The number of nitrogen functional groups attached to an aromatic ring is 1. The highest BCUT2D eigenvalue weighted by atomic mass is 35.5. The number of nitrogens with zero attached hydrogens (tertiary/aromatic N) is 2. The molecular formula is C18H18ClN3OS. The molecule has 0 amide bonds. The number of hydrogen-bond acceptors (Lipinski definition) is 4. The summed E-state index contributed by atoms with van der Waals surface area (Å²) in [6.45, 7) is 4.62. The van der Waals surface area contributed by atoms with Crippen molar-refractivity contribution >= 4 is 29.6 Å². The highest BCUT2D eigenvalue weighted by molar-refractivity contribution is 7.71. The number of halogens is 1. The maximum atomic E-state index is 9.67. The molecule has 0 fully saturated rings. The monoisotopic (exact) mass is 359 g/mol. The van der Waals surface area contributed by atoms with Crippen LogP contribution in [-0.4, -0.2) is 10.7 Å². The molecule has 0 aliphatic carbocycles. The maximum absolute atomic E-state index is 9.67. The number of rotatable bonds is 2. The third kappa shape index (κ3) is 2.82. The summed E-state index contributed by atoms with van der Waals surface area (Å²) >= 11 is 11.6. The molecule has 0 saturated heterocycles. The van der Waals surface area contributed by atoms with E-state index in [2.05, 4.69) is 19.9 Å². The third-order valence-corrected chi connectivity index (χ3v) is 5.09. The van der Waals surface area contributed by atoms with Crippen LogP contribution in [0.2, 0.25) is 5.02 Å². The van der Waals surface area contributed by atoms with Gasteiger partial charge in [-0.25, -0.2) is 0 Å². The Balaban J connectivity index is 2.23. The van der Waals surface area contributed by atoms with Gasteiger partial charge in [0.05, 0.1) is 18.3 Å². The van der Waals surface area contributed by atoms with Gasteiger partial charge in [0.2, 0.25) is 0 Å². The highest BCUT2D eigenvalue weighted by Gasteiger charge is 2.28. The van der Waals surface area contributed by atoms with Gasteiger partial charge in [-0.1, -0.05) is 37.7 Å². The second-order valence-electron chi connectivity index (χ2n) is 6.24. The molecule has 0 bridgehead atoms. The van der Waals surface area contributed by atoms with Crippen molar-refractivity contribution in [3.8, 4) is 11.8 Å². The van der Waals surface area contributed by atoms with E-state index in [0.29, 0.717) is 40.0 Å². The third-order valence-electron chi connectivity index (χ3n) is 4.41. The predicted molar refractivity (Wildman–Crippen MR) is 97.9 cm³/mol. The van der Waals surface area contributed by atoms with E-state index in [1.807, 2.05) is 12.1 Å². The largest absolute Gasteiger partial charge is 0.384 e. The van der Waals surface area contributed by atoms with Gasteiger partial charge in [-0.3, -0.25) is 4.57 Å². The zero-order valence-electron chi connectivity index (χ0n) is 13.5. The quantitative estimate of drug-likeness (QED) is 0.806. The van der Waals surface area contributed by atoms with E-state index in [-0.39, 0.29) is 6.10 Å². The number of pyridine rings is 1. The van der Waals surface area contributed by atoms with Crippen LogP contribution < -0.4 is 5.73 Å². The van der Waals surface area contributed by atoms with Gasteiger partial charge in [0.15, 0.2) is 0 Å². The lowest BCUT2D eigenvalue weighted by Gasteiger charge is -2.30. The molecule has 3 rings (SSSR count). The minimum Gasteiger partial charge on any atom is -0.384 e. The Morgan fingerprint density at radius 1 is 1.33 bits per heavy atom. The Bertz CT molecular complexity index is 881. The number of nitriles is 1. The number of aromatic nitrogens is 1. The molecule has 1 unspecified atom stereocenters. The van der Waals surface area contributed by atoms with Crippen molar-refractivity contribution in [1.29, 1.82) is 5.26 Å². The molecule has 2 aromatic rings. The Labute approximate surface area is 151 Å². The molecule has 6 heteroatoms. The van der Waals surface area contributed by atoms with Crippen LogP contribution in [0, 0.1) is 21.9 Å². The molecule has 4 nitrogen and oxygen atoms in total. The summed E-state index contributed by atoms with van der Waals surface area (Å²) in [4.78, 5) is 0. The lowest BCUT2D eigenvalue weighted by atomic mass is 9.91. The van der Waals surface area contributed by atoms with Crippen LogP contribution in [0.1, 0.15) is 30.5 Å². The van der Waals surface area contributed by atoms with Gasteiger partial charge in [-0.15, -0.1) is 0 Å². The molecule has 1 atom stereocenters. The first-order chi connectivity index (χ1) is 11.4. The van der Waals surface area contributed by atoms with Crippen molar-refractivity contribution in [1.82, 2.24) is 4.57 Å². The van der Waals surface area contributed by atoms with Crippen molar-refractivity contribution in [2.45, 2.75) is 33.0 Å². The van der Waals surface area contributed by atoms with Gasteiger partial charge < -0.3 is 10.5 Å².